The second-order valence-corrected chi connectivity index (χ2v) is 11.6. The van der Waals surface area contributed by atoms with E-state index in [2.05, 4.69) is 0 Å². The highest BCUT2D eigenvalue weighted by Gasteiger charge is 2.33. The lowest BCUT2D eigenvalue weighted by atomic mass is 10.2. The van der Waals surface area contributed by atoms with Gasteiger partial charge in [-0.2, -0.15) is 0 Å². The summed E-state index contributed by atoms with van der Waals surface area (Å²) in [5.41, 5.74) is 2.65. The molecular formula is C30H25F2N5O2S2. The van der Waals surface area contributed by atoms with Crippen molar-refractivity contribution in [3.63, 3.8) is 0 Å². The maximum Gasteiger partial charge on any atom is 0.267 e. The number of hydrogen-bond acceptors (Lipinski definition) is 7. The third kappa shape index (κ3) is 5.34. The van der Waals surface area contributed by atoms with E-state index in [1.54, 1.807) is 42.6 Å². The molecule has 11 heteroatoms. The third-order valence-corrected chi connectivity index (χ3v) is 8.54. The molecule has 0 N–H and O–H groups in total. The molecule has 0 unspecified atom stereocenters. The number of thiocarbonyl (C=S) groups is 1. The lowest BCUT2D eigenvalue weighted by Crippen LogP contribution is -2.47. The summed E-state index contributed by atoms with van der Waals surface area (Å²) in [6, 6.07) is 16.3. The molecule has 0 radical (unpaired) electrons. The SMILES string of the molecule is Cc1ccc2nc(N3CCN(c4ccccc4F)CC3)c(C=C3SC(=S)N(Cc4ccc(F)cc4)C3=O)c(=O)n2c1. The maximum absolute atomic E-state index is 14.4. The summed E-state index contributed by atoms with van der Waals surface area (Å²) in [7, 11) is 0. The van der Waals surface area contributed by atoms with Crippen LogP contribution in [0.5, 0.6) is 0 Å². The van der Waals surface area contributed by atoms with Gasteiger partial charge in [-0.1, -0.05) is 54.3 Å². The topological polar surface area (TPSA) is 61.2 Å². The zero-order chi connectivity index (χ0) is 28.7. The average molecular weight is 590 g/mol. The molecule has 4 heterocycles. The smallest absolute Gasteiger partial charge is 0.267 e. The molecule has 7 nitrogen and oxygen atoms in total. The highest BCUT2D eigenvalue weighted by molar-refractivity contribution is 8.26. The van der Waals surface area contributed by atoms with Crippen molar-refractivity contribution in [1.29, 1.82) is 0 Å². The van der Waals surface area contributed by atoms with Crippen LogP contribution >= 0.6 is 24.0 Å². The molecule has 0 spiro atoms. The number of pyridine rings is 1. The molecule has 2 fully saturated rings. The maximum atomic E-state index is 14.4. The lowest BCUT2D eigenvalue weighted by Gasteiger charge is -2.37. The van der Waals surface area contributed by atoms with Gasteiger partial charge in [-0.05, 0) is 54.5 Å². The number of anilines is 2. The number of nitrogens with zero attached hydrogens (tertiary/aromatic N) is 5. The van der Waals surface area contributed by atoms with Crippen LogP contribution in [0.1, 0.15) is 16.7 Å². The number of amides is 1. The molecular weight excluding hydrogens is 564 g/mol. The summed E-state index contributed by atoms with van der Waals surface area (Å²) in [4.78, 5) is 37.9. The van der Waals surface area contributed by atoms with Crippen LogP contribution in [0.15, 0.2) is 76.6 Å². The number of hydrogen-bond donors (Lipinski definition) is 0. The average Bonchev–Trinajstić information content (AvgIpc) is 3.23. The molecule has 4 aromatic rings. The van der Waals surface area contributed by atoms with Crippen LogP contribution in [-0.4, -0.2) is 50.7 Å². The first-order valence-corrected chi connectivity index (χ1v) is 14.3. The van der Waals surface area contributed by atoms with E-state index in [-0.39, 0.29) is 35.2 Å². The first-order valence-electron chi connectivity index (χ1n) is 13.1. The second-order valence-electron chi connectivity index (χ2n) is 9.91. The molecule has 1 amide bonds. The Hall–Kier alpha value is -4.09. The molecule has 0 bridgehead atoms. The van der Waals surface area contributed by atoms with Gasteiger partial charge in [0.15, 0.2) is 0 Å². The Labute approximate surface area is 244 Å². The first-order chi connectivity index (χ1) is 19.8. The molecule has 2 aromatic carbocycles. The van der Waals surface area contributed by atoms with E-state index in [1.807, 2.05) is 28.9 Å². The Morgan fingerprint density at radius 3 is 2.39 bits per heavy atom. The van der Waals surface area contributed by atoms with E-state index >= 15 is 0 Å². The van der Waals surface area contributed by atoms with E-state index in [4.69, 9.17) is 17.2 Å². The Bertz CT molecular complexity index is 1770. The fraction of sp³-hybridized carbons (Fsp3) is 0.200. The fourth-order valence-electron chi connectivity index (χ4n) is 5.02. The molecule has 2 aromatic heterocycles. The van der Waals surface area contributed by atoms with Crippen molar-refractivity contribution < 1.29 is 13.6 Å². The van der Waals surface area contributed by atoms with E-state index in [9.17, 15) is 18.4 Å². The predicted molar refractivity (Wildman–Crippen MR) is 162 cm³/mol. The highest BCUT2D eigenvalue weighted by Crippen LogP contribution is 2.35. The number of carbonyl (C=O) groups is 1. The van der Waals surface area contributed by atoms with Gasteiger partial charge in [-0.25, -0.2) is 13.8 Å². The molecule has 2 saturated heterocycles. The second kappa shape index (κ2) is 11.1. The van der Waals surface area contributed by atoms with Crippen molar-refractivity contribution in [2.24, 2.45) is 0 Å². The predicted octanol–water partition coefficient (Wildman–Crippen LogP) is 5.01. The van der Waals surface area contributed by atoms with Crippen LogP contribution in [0.4, 0.5) is 20.3 Å². The Kier molecular flexibility index (Phi) is 7.31. The van der Waals surface area contributed by atoms with Gasteiger partial charge in [0.05, 0.1) is 22.7 Å². The number of aromatic nitrogens is 2. The quantitative estimate of drug-likeness (QED) is 0.240. The van der Waals surface area contributed by atoms with Gasteiger partial charge in [-0.3, -0.25) is 18.9 Å². The number of benzene rings is 2. The standard InChI is InChI=1S/C30H25F2N5O2S2/c1-19-6-11-26-33-27(35-14-12-34(13-15-35)24-5-3-2-4-23(24)32)22(28(38)36(26)17-19)16-25-29(39)37(30(40)41-25)18-20-7-9-21(31)10-8-20/h2-11,16-17H,12-15,18H2,1H3. The van der Waals surface area contributed by atoms with Gasteiger partial charge in [-0.15, -0.1) is 0 Å². The number of piperazine rings is 1. The van der Waals surface area contributed by atoms with Gasteiger partial charge in [0, 0.05) is 32.4 Å². The highest BCUT2D eigenvalue weighted by atomic mass is 32.2. The molecule has 0 atom stereocenters. The van der Waals surface area contributed by atoms with Gasteiger partial charge in [0.25, 0.3) is 11.5 Å². The van der Waals surface area contributed by atoms with Crippen molar-refractivity contribution >= 4 is 57.4 Å². The summed E-state index contributed by atoms with van der Waals surface area (Å²) in [6.45, 7) is 4.18. The monoisotopic (exact) mass is 589 g/mol. The minimum absolute atomic E-state index is 0.196. The summed E-state index contributed by atoms with van der Waals surface area (Å²) < 4.78 is 29.6. The Morgan fingerprint density at radius 2 is 1.66 bits per heavy atom. The fourth-order valence-corrected chi connectivity index (χ4v) is 6.26. The number of rotatable bonds is 5. The first kappa shape index (κ1) is 27.1. The van der Waals surface area contributed by atoms with Crippen LogP contribution in [0.2, 0.25) is 0 Å². The Morgan fingerprint density at radius 1 is 0.951 bits per heavy atom. The normalized spacial score (nSPS) is 16.9. The molecule has 0 saturated carbocycles. The van der Waals surface area contributed by atoms with E-state index in [0.717, 1.165) is 22.9 Å². The number of fused-ring (bicyclic) bond motifs is 1. The van der Waals surface area contributed by atoms with Crippen molar-refractivity contribution in [3.05, 3.63) is 110 Å². The number of thioether (sulfide) groups is 1. The van der Waals surface area contributed by atoms with Crippen molar-refractivity contribution in [3.8, 4) is 0 Å². The largest absolute Gasteiger partial charge is 0.366 e. The van der Waals surface area contributed by atoms with Crippen molar-refractivity contribution in [1.82, 2.24) is 14.3 Å². The lowest BCUT2D eigenvalue weighted by molar-refractivity contribution is -0.122. The summed E-state index contributed by atoms with van der Waals surface area (Å²) in [6.07, 6.45) is 3.30. The summed E-state index contributed by atoms with van der Waals surface area (Å²) in [5, 5.41) is 0. The zero-order valence-electron chi connectivity index (χ0n) is 22.1. The minimum Gasteiger partial charge on any atom is -0.366 e. The van der Waals surface area contributed by atoms with Crippen LogP contribution < -0.4 is 15.4 Å². The van der Waals surface area contributed by atoms with Crippen molar-refractivity contribution in [2.75, 3.05) is 36.0 Å². The minimum atomic E-state index is -0.360. The van der Waals surface area contributed by atoms with Gasteiger partial charge < -0.3 is 9.80 Å². The molecule has 6 rings (SSSR count). The molecule has 2 aliphatic rings. The van der Waals surface area contributed by atoms with Crippen LogP contribution in [-0.2, 0) is 11.3 Å². The Balaban J connectivity index is 1.35. The molecule has 41 heavy (non-hydrogen) atoms. The van der Waals surface area contributed by atoms with Crippen LogP contribution in [0.3, 0.4) is 0 Å². The van der Waals surface area contributed by atoms with E-state index in [1.165, 1.54) is 27.5 Å². The molecule has 0 aliphatic carbocycles. The number of carbonyl (C=O) groups excluding carboxylic acids is 1. The zero-order valence-corrected chi connectivity index (χ0v) is 23.7. The van der Waals surface area contributed by atoms with Gasteiger partial charge in [0.2, 0.25) is 0 Å². The summed E-state index contributed by atoms with van der Waals surface area (Å²) in [5.74, 6) is -0.494. The summed E-state index contributed by atoms with van der Waals surface area (Å²) >= 11 is 6.62. The number of halogens is 2. The van der Waals surface area contributed by atoms with Gasteiger partial charge >= 0.3 is 0 Å². The van der Waals surface area contributed by atoms with Gasteiger partial charge in [0.1, 0.15) is 27.4 Å². The number of para-hydroxylation sites is 1. The number of aryl methyl sites for hydroxylation is 1. The molecule has 208 valence electrons. The van der Waals surface area contributed by atoms with Crippen LogP contribution in [0.25, 0.3) is 11.7 Å². The van der Waals surface area contributed by atoms with Crippen molar-refractivity contribution in [2.45, 2.75) is 13.5 Å². The van der Waals surface area contributed by atoms with Crippen LogP contribution in [0, 0.1) is 18.6 Å². The van der Waals surface area contributed by atoms with E-state index < -0.39 is 0 Å². The molecule has 2 aliphatic heterocycles. The van der Waals surface area contributed by atoms with E-state index in [0.29, 0.717) is 52.6 Å². The third-order valence-electron chi connectivity index (χ3n) is 7.16.